The molecule has 2 aliphatic rings. The SMILES string of the molecule is O=C(Cc1ccc(F)cc1Cl)N1CC[C@@H]2OCc3cnnn3[C@H]2C1. The smallest absolute Gasteiger partial charge is 0.227 e. The molecule has 2 aromatic rings. The zero-order valence-electron chi connectivity index (χ0n) is 12.9. The van der Waals surface area contributed by atoms with Gasteiger partial charge in [0.2, 0.25) is 5.91 Å². The van der Waals surface area contributed by atoms with Crippen LogP contribution in [0.5, 0.6) is 0 Å². The van der Waals surface area contributed by atoms with Gasteiger partial charge in [-0.1, -0.05) is 22.9 Å². The van der Waals surface area contributed by atoms with E-state index in [1.54, 1.807) is 17.2 Å². The molecule has 2 aliphatic heterocycles. The van der Waals surface area contributed by atoms with Crippen LogP contribution < -0.4 is 0 Å². The molecule has 0 aliphatic carbocycles. The van der Waals surface area contributed by atoms with Crippen LogP contribution in [0.15, 0.2) is 24.4 Å². The minimum atomic E-state index is -0.407. The van der Waals surface area contributed by atoms with Crippen molar-refractivity contribution in [3.63, 3.8) is 0 Å². The van der Waals surface area contributed by atoms with E-state index >= 15 is 0 Å². The Morgan fingerprint density at radius 1 is 1.46 bits per heavy atom. The Labute approximate surface area is 143 Å². The average Bonchev–Trinajstić information content (AvgIpc) is 3.06. The number of amides is 1. The lowest BCUT2D eigenvalue weighted by Gasteiger charge is -2.41. The third kappa shape index (κ3) is 2.78. The molecule has 4 rings (SSSR count). The Morgan fingerprint density at radius 3 is 3.17 bits per heavy atom. The Morgan fingerprint density at radius 2 is 2.33 bits per heavy atom. The average molecular weight is 351 g/mol. The lowest BCUT2D eigenvalue weighted by molar-refractivity contribution is -0.137. The second kappa shape index (κ2) is 6.14. The first kappa shape index (κ1) is 15.5. The molecule has 0 N–H and O–H groups in total. The Bertz CT molecular complexity index is 781. The molecule has 126 valence electrons. The van der Waals surface area contributed by atoms with Crippen LogP contribution in [0.2, 0.25) is 5.02 Å². The number of hydrogen-bond acceptors (Lipinski definition) is 4. The predicted octanol–water partition coefficient (Wildman–Crippen LogP) is 1.99. The van der Waals surface area contributed by atoms with Crippen LogP contribution in [0, 0.1) is 5.82 Å². The number of aromatic nitrogens is 3. The van der Waals surface area contributed by atoms with Gasteiger partial charge in [-0.05, 0) is 24.1 Å². The van der Waals surface area contributed by atoms with Gasteiger partial charge >= 0.3 is 0 Å². The molecule has 1 aromatic carbocycles. The highest BCUT2D eigenvalue weighted by Crippen LogP contribution is 2.30. The highest BCUT2D eigenvalue weighted by molar-refractivity contribution is 6.31. The van der Waals surface area contributed by atoms with E-state index in [0.717, 1.165) is 12.1 Å². The van der Waals surface area contributed by atoms with E-state index in [2.05, 4.69) is 10.3 Å². The zero-order valence-corrected chi connectivity index (χ0v) is 13.6. The number of benzene rings is 1. The van der Waals surface area contributed by atoms with E-state index < -0.39 is 5.82 Å². The molecular formula is C16H16ClFN4O2. The molecule has 24 heavy (non-hydrogen) atoms. The van der Waals surface area contributed by atoms with Crippen LogP contribution in [-0.4, -0.2) is 45.0 Å². The fourth-order valence-corrected chi connectivity index (χ4v) is 3.58. The van der Waals surface area contributed by atoms with Crippen LogP contribution in [-0.2, 0) is 22.6 Å². The maximum atomic E-state index is 13.1. The molecule has 1 saturated heterocycles. The fourth-order valence-electron chi connectivity index (χ4n) is 3.35. The van der Waals surface area contributed by atoms with Crippen LogP contribution in [0.3, 0.4) is 0 Å². The van der Waals surface area contributed by atoms with Gasteiger partial charge in [-0.15, -0.1) is 5.10 Å². The number of fused-ring (bicyclic) bond motifs is 3. The third-order valence-electron chi connectivity index (χ3n) is 4.64. The monoisotopic (exact) mass is 350 g/mol. The normalized spacial score (nSPS) is 22.8. The molecule has 6 nitrogen and oxygen atoms in total. The summed E-state index contributed by atoms with van der Waals surface area (Å²) >= 11 is 6.02. The van der Waals surface area contributed by atoms with Crippen molar-refractivity contribution in [1.82, 2.24) is 19.9 Å². The fraction of sp³-hybridized carbons (Fsp3) is 0.438. The van der Waals surface area contributed by atoms with Crippen LogP contribution >= 0.6 is 11.6 Å². The highest BCUT2D eigenvalue weighted by Gasteiger charge is 2.37. The van der Waals surface area contributed by atoms with E-state index in [0.29, 0.717) is 25.3 Å². The van der Waals surface area contributed by atoms with Gasteiger partial charge in [0.25, 0.3) is 0 Å². The summed E-state index contributed by atoms with van der Waals surface area (Å²) in [4.78, 5) is 14.4. The number of piperidine rings is 1. The summed E-state index contributed by atoms with van der Waals surface area (Å²) in [6, 6.07) is 4.09. The first-order chi connectivity index (χ1) is 11.6. The number of rotatable bonds is 2. The Kier molecular flexibility index (Phi) is 3.97. The van der Waals surface area contributed by atoms with Crippen LogP contribution in [0.1, 0.15) is 23.7 Å². The second-order valence-electron chi connectivity index (χ2n) is 6.13. The molecule has 0 spiro atoms. The van der Waals surface area contributed by atoms with Gasteiger partial charge in [-0.3, -0.25) is 4.79 Å². The van der Waals surface area contributed by atoms with Crippen molar-refractivity contribution in [2.24, 2.45) is 0 Å². The molecule has 8 heteroatoms. The number of hydrogen-bond donors (Lipinski definition) is 0. The van der Waals surface area contributed by atoms with Crippen molar-refractivity contribution in [3.8, 4) is 0 Å². The van der Waals surface area contributed by atoms with Crippen molar-refractivity contribution < 1.29 is 13.9 Å². The number of nitrogens with zero attached hydrogens (tertiary/aromatic N) is 4. The van der Waals surface area contributed by atoms with Crippen molar-refractivity contribution >= 4 is 17.5 Å². The lowest BCUT2D eigenvalue weighted by Crippen LogP contribution is -2.50. The molecule has 0 unspecified atom stereocenters. The topological polar surface area (TPSA) is 60.3 Å². The molecule has 1 amide bonds. The molecule has 0 radical (unpaired) electrons. The zero-order chi connectivity index (χ0) is 16.7. The van der Waals surface area contributed by atoms with E-state index in [-0.39, 0.29) is 29.5 Å². The molecule has 1 fully saturated rings. The van der Waals surface area contributed by atoms with Crippen molar-refractivity contribution in [3.05, 3.63) is 46.5 Å². The Balaban J connectivity index is 1.49. The Hall–Kier alpha value is -1.99. The maximum Gasteiger partial charge on any atom is 0.227 e. The van der Waals surface area contributed by atoms with E-state index in [9.17, 15) is 9.18 Å². The lowest BCUT2D eigenvalue weighted by atomic mass is 9.99. The quantitative estimate of drug-likeness (QED) is 0.831. The molecular weight excluding hydrogens is 335 g/mol. The summed E-state index contributed by atoms with van der Waals surface area (Å²) < 4.78 is 20.8. The summed E-state index contributed by atoms with van der Waals surface area (Å²) in [6.45, 7) is 1.66. The van der Waals surface area contributed by atoms with Gasteiger partial charge in [-0.2, -0.15) is 0 Å². The van der Waals surface area contributed by atoms with Gasteiger partial charge in [-0.25, -0.2) is 9.07 Å². The molecule has 0 bridgehead atoms. The van der Waals surface area contributed by atoms with Crippen molar-refractivity contribution in [1.29, 1.82) is 0 Å². The van der Waals surface area contributed by atoms with Gasteiger partial charge in [0.1, 0.15) is 5.82 Å². The second-order valence-corrected chi connectivity index (χ2v) is 6.53. The summed E-state index contributed by atoms with van der Waals surface area (Å²) in [5.41, 5.74) is 1.55. The van der Waals surface area contributed by atoms with Crippen molar-refractivity contribution in [2.45, 2.75) is 31.6 Å². The van der Waals surface area contributed by atoms with E-state index in [4.69, 9.17) is 16.3 Å². The van der Waals surface area contributed by atoms with E-state index in [1.165, 1.54) is 12.1 Å². The molecule has 3 heterocycles. The third-order valence-corrected chi connectivity index (χ3v) is 4.99. The number of likely N-dealkylation sites (tertiary alicyclic amines) is 1. The van der Waals surface area contributed by atoms with Gasteiger partial charge in [0.15, 0.2) is 0 Å². The summed E-state index contributed by atoms with van der Waals surface area (Å²) in [6.07, 6.45) is 2.65. The number of carbonyl (C=O) groups is 1. The summed E-state index contributed by atoms with van der Waals surface area (Å²) in [5, 5.41) is 8.33. The summed E-state index contributed by atoms with van der Waals surface area (Å²) in [7, 11) is 0. The predicted molar refractivity (Wildman–Crippen MR) is 83.9 cm³/mol. The molecule has 2 atom stereocenters. The van der Waals surface area contributed by atoms with Crippen molar-refractivity contribution in [2.75, 3.05) is 13.1 Å². The standard InChI is InChI=1S/C16H16ClFN4O2/c17-13-6-11(18)2-1-10(13)5-16(23)21-4-3-15-14(8-21)22-12(9-24-15)7-19-20-22/h1-2,6-7,14-15H,3-5,8-9H2/t14-,15-/m0/s1. The van der Waals surface area contributed by atoms with Gasteiger partial charge in [0, 0.05) is 18.1 Å². The minimum absolute atomic E-state index is 0.0161. The van der Waals surface area contributed by atoms with Gasteiger partial charge in [0.05, 0.1) is 37.1 Å². The molecule has 0 saturated carbocycles. The number of halogens is 2. The number of ether oxygens (including phenoxy) is 1. The maximum absolute atomic E-state index is 13.1. The first-order valence-electron chi connectivity index (χ1n) is 7.84. The molecule has 1 aromatic heterocycles. The van der Waals surface area contributed by atoms with Crippen LogP contribution in [0.4, 0.5) is 4.39 Å². The first-order valence-corrected chi connectivity index (χ1v) is 8.22. The van der Waals surface area contributed by atoms with Gasteiger partial charge < -0.3 is 9.64 Å². The summed E-state index contributed by atoms with van der Waals surface area (Å²) in [5.74, 6) is -0.440. The van der Waals surface area contributed by atoms with E-state index in [1.807, 2.05) is 4.68 Å². The highest BCUT2D eigenvalue weighted by atomic mass is 35.5. The number of carbonyl (C=O) groups excluding carboxylic acids is 1. The largest absolute Gasteiger partial charge is 0.370 e. The minimum Gasteiger partial charge on any atom is -0.370 e. The van der Waals surface area contributed by atoms with Crippen LogP contribution in [0.25, 0.3) is 0 Å².